The standard InChI is InChI=1S/C19H21N5O3/c1-20-15-6-9-21-16(23-15)13-2-4-14(5-3-13)17(25)24-10-7-19(8-11-24)12-22-18(26)27-19/h2-6,9H,7-8,10-12H2,1H3,(H,22,26)(H,20,21,23). The van der Waals surface area contributed by atoms with Gasteiger partial charge in [-0.1, -0.05) is 12.1 Å². The zero-order valence-electron chi connectivity index (χ0n) is 15.1. The molecular formula is C19H21N5O3. The van der Waals surface area contributed by atoms with Crippen LogP contribution in [-0.4, -0.2) is 59.2 Å². The quantitative estimate of drug-likeness (QED) is 0.860. The topological polar surface area (TPSA) is 96.5 Å². The highest BCUT2D eigenvalue weighted by molar-refractivity contribution is 5.94. The van der Waals surface area contributed by atoms with Crippen LogP contribution in [-0.2, 0) is 4.74 Å². The minimum atomic E-state index is -0.451. The summed E-state index contributed by atoms with van der Waals surface area (Å²) in [5.74, 6) is 1.33. The molecule has 0 bridgehead atoms. The zero-order valence-corrected chi connectivity index (χ0v) is 15.1. The number of hydrogen-bond donors (Lipinski definition) is 2. The SMILES string of the molecule is CNc1ccnc(-c2ccc(C(=O)N3CCC4(CC3)CNC(=O)O4)cc2)n1. The van der Waals surface area contributed by atoms with E-state index in [2.05, 4.69) is 20.6 Å². The van der Waals surface area contributed by atoms with Crippen LogP contribution >= 0.6 is 0 Å². The smallest absolute Gasteiger partial charge is 0.407 e. The van der Waals surface area contributed by atoms with E-state index in [1.807, 2.05) is 17.0 Å². The van der Waals surface area contributed by atoms with Gasteiger partial charge in [0.05, 0.1) is 6.54 Å². The molecule has 0 atom stereocenters. The lowest BCUT2D eigenvalue weighted by Gasteiger charge is -2.37. The highest BCUT2D eigenvalue weighted by atomic mass is 16.6. The summed E-state index contributed by atoms with van der Waals surface area (Å²) in [6, 6.07) is 9.11. The Morgan fingerprint density at radius 3 is 2.59 bits per heavy atom. The van der Waals surface area contributed by atoms with E-state index < -0.39 is 5.60 Å². The van der Waals surface area contributed by atoms with E-state index in [1.165, 1.54) is 0 Å². The summed E-state index contributed by atoms with van der Waals surface area (Å²) >= 11 is 0. The number of benzene rings is 1. The molecule has 0 aliphatic carbocycles. The highest BCUT2D eigenvalue weighted by Crippen LogP contribution is 2.30. The van der Waals surface area contributed by atoms with Gasteiger partial charge < -0.3 is 20.3 Å². The molecule has 27 heavy (non-hydrogen) atoms. The summed E-state index contributed by atoms with van der Waals surface area (Å²) in [6.07, 6.45) is 2.64. The monoisotopic (exact) mass is 367 g/mol. The van der Waals surface area contributed by atoms with Gasteiger partial charge in [0.25, 0.3) is 5.91 Å². The number of amides is 2. The van der Waals surface area contributed by atoms with Gasteiger partial charge in [0.1, 0.15) is 11.4 Å². The van der Waals surface area contributed by atoms with Gasteiger partial charge in [-0.25, -0.2) is 14.8 Å². The molecule has 2 saturated heterocycles. The maximum Gasteiger partial charge on any atom is 0.407 e. The number of rotatable bonds is 3. The molecule has 2 aliphatic rings. The van der Waals surface area contributed by atoms with Crippen molar-refractivity contribution in [3.05, 3.63) is 42.1 Å². The average molecular weight is 367 g/mol. The van der Waals surface area contributed by atoms with Crippen LogP contribution in [0.2, 0.25) is 0 Å². The molecule has 2 N–H and O–H groups in total. The normalized spacial score (nSPS) is 18.1. The number of likely N-dealkylation sites (tertiary alicyclic amines) is 1. The number of carbonyl (C=O) groups is 2. The van der Waals surface area contributed by atoms with Crippen molar-refractivity contribution in [2.24, 2.45) is 0 Å². The summed E-state index contributed by atoms with van der Waals surface area (Å²) in [7, 11) is 1.80. The predicted octanol–water partition coefficient (Wildman–Crippen LogP) is 1.90. The Morgan fingerprint density at radius 1 is 1.22 bits per heavy atom. The Bertz CT molecular complexity index is 860. The predicted molar refractivity (Wildman–Crippen MR) is 99.4 cm³/mol. The van der Waals surface area contributed by atoms with E-state index in [1.54, 1.807) is 31.4 Å². The third-order valence-electron chi connectivity index (χ3n) is 5.13. The lowest BCUT2D eigenvalue weighted by atomic mass is 9.91. The first-order valence-electron chi connectivity index (χ1n) is 8.96. The fourth-order valence-corrected chi connectivity index (χ4v) is 3.48. The number of anilines is 1. The third kappa shape index (κ3) is 3.42. The molecule has 0 unspecified atom stereocenters. The first kappa shape index (κ1) is 17.3. The Morgan fingerprint density at radius 2 is 1.96 bits per heavy atom. The zero-order chi connectivity index (χ0) is 18.9. The second-order valence-corrected chi connectivity index (χ2v) is 6.81. The number of aromatic nitrogens is 2. The van der Waals surface area contributed by atoms with Crippen molar-refractivity contribution in [1.82, 2.24) is 20.2 Å². The first-order chi connectivity index (χ1) is 13.1. The maximum absolute atomic E-state index is 12.8. The molecule has 3 heterocycles. The number of piperidine rings is 1. The highest BCUT2D eigenvalue weighted by Gasteiger charge is 2.43. The minimum Gasteiger partial charge on any atom is -0.441 e. The fraction of sp³-hybridized carbons (Fsp3) is 0.368. The van der Waals surface area contributed by atoms with Crippen LogP contribution in [0.1, 0.15) is 23.2 Å². The van der Waals surface area contributed by atoms with Crippen LogP contribution in [0.25, 0.3) is 11.4 Å². The van der Waals surface area contributed by atoms with Crippen LogP contribution in [0.4, 0.5) is 10.6 Å². The Balaban J connectivity index is 1.43. The molecule has 4 rings (SSSR count). The number of nitrogens with zero attached hydrogens (tertiary/aromatic N) is 3. The van der Waals surface area contributed by atoms with Crippen molar-refractivity contribution in [3.8, 4) is 11.4 Å². The van der Waals surface area contributed by atoms with Gasteiger partial charge in [0.2, 0.25) is 0 Å². The second kappa shape index (κ2) is 6.86. The Hall–Kier alpha value is -3.16. The van der Waals surface area contributed by atoms with Gasteiger partial charge in [-0.3, -0.25) is 4.79 Å². The number of ether oxygens (including phenoxy) is 1. The largest absolute Gasteiger partial charge is 0.441 e. The number of alkyl carbamates (subject to hydrolysis) is 1. The van der Waals surface area contributed by atoms with Crippen molar-refractivity contribution < 1.29 is 14.3 Å². The van der Waals surface area contributed by atoms with E-state index in [0.717, 1.165) is 11.4 Å². The molecule has 1 aromatic carbocycles. The van der Waals surface area contributed by atoms with Gasteiger partial charge in [0.15, 0.2) is 5.82 Å². The molecule has 2 aromatic rings. The molecular weight excluding hydrogens is 346 g/mol. The summed E-state index contributed by atoms with van der Waals surface area (Å²) in [6.45, 7) is 1.67. The Labute approximate surface area is 156 Å². The molecule has 8 heteroatoms. The van der Waals surface area contributed by atoms with Crippen LogP contribution in [0.3, 0.4) is 0 Å². The van der Waals surface area contributed by atoms with E-state index in [4.69, 9.17) is 4.74 Å². The van der Waals surface area contributed by atoms with Crippen LogP contribution < -0.4 is 10.6 Å². The van der Waals surface area contributed by atoms with Crippen molar-refractivity contribution in [1.29, 1.82) is 0 Å². The molecule has 0 radical (unpaired) electrons. The second-order valence-electron chi connectivity index (χ2n) is 6.81. The van der Waals surface area contributed by atoms with Gasteiger partial charge in [-0.05, 0) is 18.2 Å². The number of nitrogens with one attached hydrogen (secondary N) is 2. The lowest BCUT2D eigenvalue weighted by molar-refractivity contribution is 0.00331. The molecule has 140 valence electrons. The van der Waals surface area contributed by atoms with E-state index in [0.29, 0.717) is 43.9 Å². The van der Waals surface area contributed by atoms with Gasteiger partial charge >= 0.3 is 6.09 Å². The van der Waals surface area contributed by atoms with Crippen molar-refractivity contribution in [2.45, 2.75) is 18.4 Å². The van der Waals surface area contributed by atoms with E-state index >= 15 is 0 Å². The van der Waals surface area contributed by atoms with Crippen LogP contribution in [0.15, 0.2) is 36.5 Å². The van der Waals surface area contributed by atoms with Crippen LogP contribution in [0, 0.1) is 0 Å². The summed E-state index contributed by atoms with van der Waals surface area (Å²) in [4.78, 5) is 34.6. The van der Waals surface area contributed by atoms with Gasteiger partial charge in [-0.2, -0.15) is 0 Å². The molecule has 1 aromatic heterocycles. The van der Waals surface area contributed by atoms with Crippen LogP contribution in [0.5, 0.6) is 0 Å². The van der Waals surface area contributed by atoms with Crippen molar-refractivity contribution >= 4 is 17.8 Å². The molecule has 2 fully saturated rings. The van der Waals surface area contributed by atoms with Gasteiger partial charge in [-0.15, -0.1) is 0 Å². The molecule has 2 amide bonds. The van der Waals surface area contributed by atoms with E-state index in [9.17, 15) is 9.59 Å². The summed E-state index contributed by atoms with van der Waals surface area (Å²) in [5, 5.41) is 5.69. The molecule has 2 aliphatic heterocycles. The summed E-state index contributed by atoms with van der Waals surface area (Å²) < 4.78 is 5.40. The van der Waals surface area contributed by atoms with E-state index in [-0.39, 0.29) is 12.0 Å². The number of hydrogen-bond acceptors (Lipinski definition) is 6. The summed E-state index contributed by atoms with van der Waals surface area (Å²) in [5.41, 5.74) is 1.03. The number of carbonyl (C=O) groups excluding carboxylic acids is 2. The molecule has 0 saturated carbocycles. The van der Waals surface area contributed by atoms with Crippen molar-refractivity contribution in [3.63, 3.8) is 0 Å². The minimum absolute atomic E-state index is 0.0152. The average Bonchev–Trinajstić information content (AvgIpc) is 3.08. The Kier molecular flexibility index (Phi) is 4.39. The molecule has 1 spiro atoms. The van der Waals surface area contributed by atoms with Crippen molar-refractivity contribution in [2.75, 3.05) is 32.0 Å². The maximum atomic E-state index is 12.8. The first-order valence-corrected chi connectivity index (χ1v) is 8.96. The fourth-order valence-electron chi connectivity index (χ4n) is 3.48. The van der Waals surface area contributed by atoms with Gasteiger partial charge in [0, 0.05) is 50.3 Å². The molecule has 8 nitrogen and oxygen atoms in total. The third-order valence-corrected chi connectivity index (χ3v) is 5.13. The lowest BCUT2D eigenvalue weighted by Crippen LogP contribution is -2.48.